The maximum absolute atomic E-state index is 13.8. The van der Waals surface area contributed by atoms with Gasteiger partial charge in [0.05, 0.1) is 0 Å². The van der Waals surface area contributed by atoms with Gasteiger partial charge in [0.1, 0.15) is 5.82 Å². The van der Waals surface area contributed by atoms with E-state index < -0.39 is 17.5 Å². The van der Waals surface area contributed by atoms with Crippen LogP contribution in [-0.2, 0) is 6.54 Å². The van der Waals surface area contributed by atoms with E-state index in [0.29, 0.717) is 5.56 Å². The van der Waals surface area contributed by atoms with Crippen LogP contribution >= 0.6 is 0 Å². The van der Waals surface area contributed by atoms with Gasteiger partial charge in [-0.05, 0) is 37.1 Å². The highest BCUT2D eigenvalue weighted by Crippen LogP contribution is 2.30. The van der Waals surface area contributed by atoms with Gasteiger partial charge in [-0.15, -0.1) is 0 Å². The molecule has 1 amide bonds. The highest BCUT2D eigenvalue weighted by molar-refractivity contribution is 5.94. The Balaban J connectivity index is 1.86. The molecule has 0 atom stereocenters. The lowest BCUT2D eigenvalue weighted by atomic mass is 10.1. The molecular formula is C17H14F3NO. The van der Waals surface area contributed by atoms with Gasteiger partial charge in [0.25, 0.3) is 5.91 Å². The van der Waals surface area contributed by atoms with E-state index in [1.54, 1.807) is 18.2 Å². The predicted octanol–water partition coefficient (Wildman–Crippen LogP) is 3.91. The van der Waals surface area contributed by atoms with E-state index in [1.165, 1.54) is 17.0 Å². The Kier molecular flexibility index (Phi) is 3.88. The Morgan fingerprint density at radius 3 is 2.36 bits per heavy atom. The summed E-state index contributed by atoms with van der Waals surface area (Å²) in [4.78, 5) is 14.0. The maximum atomic E-state index is 13.8. The molecule has 0 spiro atoms. The normalized spacial score (nSPS) is 14.0. The summed E-state index contributed by atoms with van der Waals surface area (Å²) in [7, 11) is 0. The summed E-state index contributed by atoms with van der Waals surface area (Å²) in [5, 5.41) is 0. The van der Waals surface area contributed by atoms with Crippen molar-refractivity contribution in [1.29, 1.82) is 0 Å². The van der Waals surface area contributed by atoms with Crippen molar-refractivity contribution in [3.05, 3.63) is 71.0 Å². The minimum atomic E-state index is -1.06. The Morgan fingerprint density at radius 2 is 1.73 bits per heavy atom. The molecule has 5 heteroatoms. The molecular weight excluding hydrogens is 291 g/mol. The zero-order valence-corrected chi connectivity index (χ0v) is 11.7. The first-order chi connectivity index (χ1) is 10.6. The van der Waals surface area contributed by atoms with Gasteiger partial charge in [0, 0.05) is 23.7 Å². The van der Waals surface area contributed by atoms with Gasteiger partial charge >= 0.3 is 0 Å². The number of halogens is 3. The molecule has 114 valence electrons. The molecule has 0 aliphatic heterocycles. The van der Waals surface area contributed by atoms with Gasteiger partial charge < -0.3 is 4.90 Å². The largest absolute Gasteiger partial charge is 0.331 e. The predicted molar refractivity (Wildman–Crippen MR) is 75.7 cm³/mol. The van der Waals surface area contributed by atoms with Gasteiger partial charge in [0.15, 0.2) is 11.6 Å². The van der Waals surface area contributed by atoms with E-state index in [0.717, 1.165) is 25.0 Å². The van der Waals surface area contributed by atoms with Crippen molar-refractivity contribution in [3.8, 4) is 0 Å². The number of carbonyl (C=O) groups excluding carboxylic acids is 1. The third-order valence-corrected chi connectivity index (χ3v) is 3.71. The molecule has 1 saturated carbocycles. The average molecular weight is 305 g/mol. The summed E-state index contributed by atoms with van der Waals surface area (Å²) in [6, 6.07) is 9.32. The van der Waals surface area contributed by atoms with Crippen molar-refractivity contribution < 1.29 is 18.0 Å². The lowest BCUT2D eigenvalue weighted by molar-refractivity contribution is 0.0727. The highest BCUT2D eigenvalue weighted by atomic mass is 19.2. The SMILES string of the molecule is O=C(c1ccc(F)c(F)c1)N(Cc1ccccc1F)C1CC1. The molecule has 1 fully saturated rings. The molecule has 1 aliphatic rings. The minimum Gasteiger partial charge on any atom is -0.331 e. The van der Waals surface area contributed by atoms with Crippen LogP contribution in [0.5, 0.6) is 0 Å². The summed E-state index contributed by atoms with van der Waals surface area (Å²) in [6.45, 7) is 0.120. The molecule has 2 nitrogen and oxygen atoms in total. The molecule has 0 N–H and O–H groups in total. The molecule has 1 aliphatic carbocycles. The third kappa shape index (κ3) is 2.98. The quantitative estimate of drug-likeness (QED) is 0.838. The first-order valence-corrected chi connectivity index (χ1v) is 7.05. The first-order valence-electron chi connectivity index (χ1n) is 7.05. The van der Waals surface area contributed by atoms with Gasteiger partial charge in [0.2, 0.25) is 0 Å². The Labute approximate surface area is 126 Å². The number of amides is 1. The number of nitrogens with zero attached hydrogens (tertiary/aromatic N) is 1. The van der Waals surface area contributed by atoms with E-state index in [9.17, 15) is 18.0 Å². The fourth-order valence-electron chi connectivity index (χ4n) is 2.36. The topological polar surface area (TPSA) is 20.3 Å². The molecule has 22 heavy (non-hydrogen) atoms. The fraction of sp³-hybridized carbons (Fsp3) is 0.235. The second-order valence-electron chi connectivity index (χ2n) is 5.38. The minimum absolute atomic E-state index is 0.0280. The third-order valence-electron chi connectivity index (χ3n) is 3.71. The summed E-state index contributed by atoms with van der Waals surface area (Å²) in [5.74, 6) is -2.85. The van der Waals surface area contributed by atoms with Gasteiger partial charge in [-0.3, -0.25) is 4.79 Å². The number of hydrogen-bond donors (Lipinski definition) is 0. The summed E-state index contributed by atoms with van der Waals surface area (Å²) >= 11 is 0. The number of benzene rings is 2. The van der Waals surface area contributed by atoms with Crippen LogP contribution in [0.4, 0.5) is 13.2 Å². The Morgan fingerprint density at radius 1 is 1.00 bits per heavy atom. The smallest absolute Gasteiger partial charge is 0.254 e. The summed E-state index contributed by atoms with van der Waals surface area (Å²) in [6.07, 6.45) is 1.67. The monoisotopic (exact) mass is 305 g/mol. The molecule has 0 heterocycles. The first kappa shape index (κ1) is 14.6. The second-order valence-corrected chi connectivity index (χ2v) is 5.38. The number of rotatable bonds is 4. The zero-order chi connectivity index (χ0) is 15.7. The van der Waals surface area contributed by atoms with Crippen LogP contribution in [0.3, 0.4) is 0 Å². The van der Waals surface area contributed by atoms with E-state index in [4.69, 9.17) is 0 Å². The molecule has 2 aromatic rings. The van der Waals surface area contributed by atoms with E-state index in [1.807, 2.05) is 0 Å². The van der Waals surface area contributed by atoms with Crippen molar-refractivity contribution in [2.75, 3.05) is 0 Å². The number of hydrogen-bond acceptors (Lipinski definition) is 1. The van der Waals surface area contributed by atoms with Crippen molar-refractivity contribution in [2.24, 2.45) is 0 Å². The van der Waals surface area contributed by atoms with Crippen molar-refractivity contribution in [2.45, 2.75) is 25.4 Å². The lowest BCUT2D eigenvalue weighted by Gasteiger charge is -2.23. The van der Waals surface area contributed by atoms with Gasteiger partial charge in [-0.25, -0.2) is 13.2 Å². The zero-order valence-electron chi connectivity index (χ0n) is 11.7. The standard InChI is InChI=1S/C17H14F3NO/c18-14-4-2-1-3-12(14)10-21(13-6-7-13)17(22)11-5-8-15(19)16(20)9-11/h1-5,8-9,13H,6-7,10H2. The van der Waals surface area contributed by atoms with Crippen LogP contribution in [0.2, 0.25) is 0 Å². The van der Waals surface area contributed by atoms with Crippen LogP contribution in [0.15, 0.2) is 42.5 Å². The van der Waals surface area contributed by atoms with E-state index >= 15 is 0 Å². The summed E-state index contributed by atoms with van der Waals surface area (Å²) < 4.78 is 40.1. The Hall–Kier alpha value is -2.30. The molecule has 0 aromatic heterocycles. The van der Waals surface area contributed by atoms with E-state index in [2.05, 4.69) is 0 Å². The second kappa shape index (κ2) is 5.83. The van der Waals surface area contributed by atoms with Crippen LogP contribution in [0.25, 0.3) is 0 Å². The molecule has 3 rings (SSSR count). The molecule has 0 unspecified atom stereocenters. The van der Waals surface area contributed by atoms with Crippen LogP contribution < -0.4 is 0 Å². The van der Waals surface area contributed by atoms with Crippen LogP contribution in [0, 0.1) is 17.5 Å². The van der Waals surface area contributed by atoms with Gasteiger partial charge in [-0.1, -0.05) is 18.2 Å². The van der Waals surface area contributed by atoms with Crippen molar-refractivity contribution in [1.82, 2.24) is 4.90 Å². The fourth-order valence-corrected chi connectivity index (χ4v) is 2.36. The van der Waals surface area contributed by atoms with Crippen molar-refractivity contribution in [3.63, 3.8) is 0 Å². The summed E-state index contributed by atoms with van der Waals surface area (Å²) in [5.41, 5.74) is 0.479. The number of carbonyl (C=O) groups is 1. The lowest BCUT2D eigenvalue weighted by Crippen LogP contribution is -2.33. The van der Waals surface area contributed by atoms with E-state index in [-0.39, 0.29) is 24.0 Å². The van der Waals surface area contributed by atoms with Gasteiger partial charge in [-0.2, -0.15) is 0 Å². The van der Waals surface area contributed by atoms with Crippen LogP contribution in [0.1, 0.15) is 28.8 Å². The molecule has 0 saturated heterocycles. The Bertz CT molecular complexity index is 713. The average Bonchev–Trinajstić information content (AvgIpc) is 3.33. The molecule has 0 bridgehead atoms. The highest BCUT2D eigenvalue weighted by Gasteiger charge is 2.33. The molecule has 0 radical (unpaired) electrons. The van der Waals surface area contributed by atoms with Crippen LogP contribution in [-0.4, -0.2) is 16.8 Å². The van der Waals surface area contributed by atoms with Crippen molar-refractivity contribution >= 4 is 5.91 Å². The maximum Gasteiger partial charge on any atom is 0.254 e. The molecule has 2 aromatic carbocycles.